The summed E-state index contributed by atoms with van der Waals surface area (Å²) in [6.07, 6.45) is 6.46. The first-order valence-corrected chi connectivity index (χ1v) is 11.2. The predicted molar refractivity (Wildman–Crippen MR) is 118 cm³/mol. The first-order chi connectivity index (χ1) is 14.8. The quantitative estimate of drug-likeness (QED) is 0.617. The highest BCUT2D eigenvalue weighted by Crippen LogP contribution is 2.44. The number of amides is 1. The lowest BCUT2D eigenvalue weighted by Gasteiger charge is -2.44. The van der Waals surface area contributed by atoms with Crippen LogP contribution in [0.2, 0.25) is 0 Å². The van der Waals surface area contributed by atoms with E-state index in [2.05, 4.69) is 61.5 Å². The summed E-state index contributed by atoms with van der Waals surface area (Å²) in [5.41, 5.74) is 6.46. The number of fused-ring (bicyclic) bond motifs is 5. The van der Waals surface area contributed by atoms with Crippen LogP contribution in [0.4, 0.5) is 4.79 Å². The van der Waals surface area contributed by atoms with Gasteiger partial charge in [0.1, 0.15) is 6.61 Å². The lowest BCUT2D eigenvalue weighted by atomic mass is 9.91. The highest BCUT2D eigenvalue weighted by molar-refractivity contribution is 5.79. The second kappa shape index (κ2) is 8.27. The Kier molecular flexibility index (Phi) is 5.34. The molecular formula is C26H29NO3. The third-order valence-electron chi connectivity index (χ3n) is 6.67. The van der Waals surface area contributed by atoms with E-state index in [0.29, 0.717) is 19.8 Å². The molecule has 1 fully saturated rings. The lowest BCUT2D eigenvalue weighted by Crippen LogP contribution is -2.56. The molecule has 0 saturated carbocycles. The molecule has 2 bridgehead atoms. The minimum Gasteiger partial charge on any atom is -0.448 e. The number of morpholine rings is 1. The van der Waals surface area contributed by atoms with Gasteiger partial charge in [-0.2, -0.15) is 0 Å². The summed E-state index contributed by atoms with van der Waals surface area (Å²) in [5, 5.41) is 0. The number of ether oxygens (including phenoxy) is 2. The molecule has 4 nitrogen and oxygen atoms in total. The van der Waals surface area contributed by atoms with Crippen molar-refractivity contribution < 1.29 is 14.3 Å². The molecular weight excluding hydrogens is 374 g/mol. The molecule has 3 aliphatic rings. The fraction of sp³-hybridized carbons (Fsp3) is 0.423. The number of rotatable bonds is 5. The maximum atomic E-state index is 13.1. The molecule has 1 saturated heterocycles. The largest absolute Gasteiger partial charge is 0.448 e. The van der Waals surface area contributed by atoms with Gasteiger partial charge in [-0.3, -0.25) is 4.90 Å². The van der Waals surface area contributed by atoms with Crippen LogP contribution >= 0.6 is 0 Å². The first kappa shape index (κ1) is 19.4. The molecule has 0 aromatic heterocycles. The maximum Gasteiger partial charge on any atom is 0.410 e. The summed E-state index contributed by atoms with van der Waals surface area (Å²) in [4.78, 5) is 15.1. The van der Waals surface area contributed by atoms with Gasteiger partial charge in [0.25, 0.3) is 0 Å². The van der Waals surface area contributed by atoms with E-state index in [1.807, 2.05) is 4.90 Å². The van der Waals surface area contributed by atoms with Crippen molar-refractivity contribution in [3.8, 4) is 11.1 Å². The van der Waals surface area contributed by atoms with Gasteiger partial charge < -0.3 is 9.47 Å². The molecule has 30 heavy (non-hydrogen) atoms. The topological polar surface area (TPSA) is 38.8 Å². The Morgan fingerprint density at radius 2 is 1.77 bits per heavy atom. The van der Waals surface area contributed by atoms with Crippen molar-refractivity contribution in [3.05, 3.63) is 71.3 Å². The van der Waals surface area contributed by atoms with E-state index in [9.17, 15) is 4.79 Å². The number of benzene rings is 2. The molecule has 2 atom stereocenters. The molecule has 1 aliphatic carbocycles. The van der Waals surface area contributed by atoms with Crippen LogP contribution in [0.5, 0.6) is 0 Å². The van der Waals surface area contributed by atoms with Gasteiger partial charge in [0.05, 0.1) is 25.3 Å². The van der Waals surface area contributed by atoms with E-state index >= 15 is 0 Å². The molecule has 0 N–H and O–H groups in total. The second-order valence-corrected chi connectivity index (χ2v) is 8.60. The van der Waals surface area contributed by atoms with Crippen LogP contribution in [0.3, 0.4) is 0 Å². The Balaban J connectivity index is 1.32. The molecule has 156 valence electrons. The van der Waals surface area contributed by atoms with Crippen molar-refractivity contribution in [2.24, 2.45) is 0 Å². The van der Waals surface area contributed by atoms with Gasteiger partial charge in [-0.25, -0.2) is 4.79 Å². The molecule has 5 rings (SSSR count). The fourth-order valence-electron chi connectivity index (χ4n) is 5.23. The van der Waals surface area contributed by atoms with Gasteiger partial charge in [0.2, 0.25) is 0 Å². The second-order valence-electron chi connectivity index (χ2n) is 8.60. The predicted octanol–water partition coefficient (Wildman–Crippen LogP) is 5.53. The molecule has 0 spiro atoms. The standard InChI is InChI=1S/C26H29NO3/c1-2-3-8-18-13-19-15-29-16-20(14-18)27(19)26(28)30-17-25-23-11-6-4-9-21(23)22-10-5-7-12-24(22)25/h4-7,9-13,19-20,25H,2-3,8,14-17H2,1H3. The van der Waals surface area contributed by atoms with E-state index in [-0.39, 0.29) is 24.1 Å². The zero-order valence-electron chi connectivity index (χ0n) is 17.5. The Hall–Kier alpha value is -2.59. The van der Waals surface area contributed by atoms with Gasteiger partial charge in [0, 0.05) is 5.92 Å². The molecule has 4 heteroatoms. The highest BCUT2D eigenvalue weighted by Gasteiger charge is 2.39. The van der Waals surface area contributed by atoms with Crippen LogP contribution in [0.1, 0.15) is 49.7 Å². The molecule has 0 radical (unpaired) electrons. The lowest BCUT2D eigenvalue weighted by molar-refractivity contribution is -0.0365. The smallest absolute Gasteiger partial charge is 0.410 e. The van der Waals surface area contributed by atoms with Gasteiger partial charge >= 0.3 is 6.09 Å². The summed E-state index contributed by atoms with van der Waals surface area (Å²) in [5.74, 6) is 0.0953. The highest BCUT2D eigenvalue weighted by atomic mass is 16.6. The molecule has 2 heterocycles. The molecule has 2 aromatic carbocycles. The number of nitrogens with zero attached hydrogens (tertiary/aromatic N) is 1. The SMILES string of the molecule is CCCCC1=CC2COCC(C1)N2C(=O)OCC1c2ccccc2-c2ccccc21. The zero-order chi connectivity index (χ0) is 20.5. The van der Waals surface area contributed by atoms with Crippen molar-refractivity contribution in [2.45, 2.75) is 50.6 Å². The Morgan fingerprint density at radius 3 is 2.43 bits per heavy atom. The van der Waals surface area contributed by atoms with Crippen LogP contribution in [-0.4, -0.2) is 42.9 Å². The third kappa shape index (κ3) is 3.43. The van der Waals surface area contributed by atoms with Gasteiger partial charge in [0.15, 0.2) is 0 Å². The summed E-state index contributed by atoms with van der Waals surface area (Å²) >= 11 is 0. The number of hydrogen-bond acceptors (Lipinski definition) is 3. The average molecular weight is 404 g/mol. The third-order valence-corrected chi connectivity index (χ3v) is 6.67. The van der Waals surface area contributed by atoms with Crippen LogP contribution in [-0.2, 0) is 9.47 Å². The van der Waals surface area contributed by atoms with Crippen molar-refractivity contribution in [1.29, 1.82) is 0 Å². The molecule has 1 amide bonds. The first-order valence-electron chi connectivity index (χ1n) is 11.2. The number of carbonyl (C=O) groups excluding carboxylic acids is 1. The van der Waals surface area contributed by atoms with E-state index in [1.54, 1.807) is 0 Å². The Bertz CT molecular complexity index is 921. The number of unbranched alkanes of at least 4 members (excludes halogenated alkanes) is 1. The Morgan fingerprint density at radius 1 is 1.07 bits per heavy atom. The summed E-state index contributed by atoms with van der Waals surface area (Å²) in [7, 11) is 0. The van der Waals surface area contributed by atoms with Crippen molar-refractivity contribution in [3.63, 3.8) is 0 Å². The van der Waals surface area contributed by atoms with Crippen LogP contribution in [0.25, 0.3) is 11.1 Å². The molecule has 2 aliphatic heterocycles. The minimum atomic E-state index is -0.207. The normalized spacial score (nSPS) is 22.3. The molecule has 2 aromatic rings. The minimum absolute atomic E-state index is 0.00000619. The summed E-state index contributed by atoms with van der Waals surface area (Å²) in [6.45, 7) is 3.76. The van der Waals surface area contributed by atoms with E-state index in [4.69, 9.17) is 9.47 Å². The monoisotopic (exact) mass is 403 g/mol. The van der Waals surface area contributed by atoms with Crippen LogP contribution in [0.15, 0.2) is 60.2 Å². The Labute approximate surface area is 178 Å². The maximum absolute atomic E-state index is 13.1. The van der Waals surface area contributed by atoms with Crippen LogP contribution in [0, 0.1) is 0 Å². The van der Waals surface area contributed by atoms with E-state index in [0.717, 1.165) is 12.8 Å². The van der Waals surface area contributed by atoms with E-state index in [1.165, 1.54) is 40.7 Å². The van der Waals surface area contributed by atoms with Crippen molar-refractivity contribution in [1.82, 2.24) is 4.90 Å². The zero-order valence-corrected chi connectivity index (χ0v) is 17.5. The number of carbonyl (C=O) groups is 1. The molecule has 2 unspecified atom stereocenters. The summed E-state index contributed by atoms with van der Waals surface area (Å²) < 4.78 is 11.7. The van der Waals surface area contributed by atoms with E-state index < -0.39 is 0 Å². The number of hydrogen-bond donors (Lipinski definition) is 0. The van der Waals surface area contributed by atoms with Crippen LogP contribution < -0.4 is 0 Å². The van der Waals surface area contributed by atoms with Gasteiger partial charge in [-0.1, -0.05) is 73.5 Å². The van der Waals surface area contributed by atoms with Crippen molar-refractivity contribution in [2.75, 3.05) is 19.8 Å². The average Bonchev–Trinajstić information content (AvgIpc) is 3.09. The fourth-order valence-corrected chi connectivity index (χ4v) is 5.23. The summed E-state index contributed by atoms with van der Waals surface area (Å²) in [6, 6.07) is 17.0. The van der Waals surface area contributed by atoms with Gasteiger partial charge in [-0.05, 0) is 41.5 Å². The van der Waals surface area contributed by atoms with Gasteiger partial charge in [-0.15, -0.1) is 0 Å². The van der Waals surface area contributed by atoms with Crippen molar-refractivity contribution >= 4 is 6.09 Å².